The van der Waals surface area contributed by atoms with Crippen LogP contribution in [0.3, 0.4) is 0 Å². The van der Waals surface area contributed by atoms with Crippen LogP contribution in [0.1, 0.15) is 5.69 Å². The Morgan fingerprint density at radius 2 is 1.53 bits per heavy atom. The van der Waals surface area contributed by atoms with E-state index in [0.29, 0.717) is 85.6 Å². The van der Waals surface area contributed by atoms with Gasteiger partial charge in [-0.15, -0.1) is 5.10 Å². The average Bonchev–Trinajstić information content (AvgIpc) is 3.00. The second-order valence-electron chi connectivity index (χ2n) is 7.23. The average molecular weight is 447 g/mol. The van der Waals surface area contributed by atoms with Gasteiger partial charge >= 0.3 is 0 Å². The van der Waals surface area contributed by atoms with Crippen molar-refractivity contribution in [3.63, 3.8) is 0 Å². The van der Waals surface area contributed by atoms with Gasteiger partial charge in [-0.05, 0) is 0 Å². The molecule has 13 heteroatoms. The lowest BCUT2D eigenvalue weighted by molar-refractivity contribution is -0.00194. The van der Waals surface area contributed by atoms with Crippen LogP contribution in [0.5, 0.6) is 0 Å². The molecule has 0 unspecified atom stereocenters. The zero-order valence-electron chi connectivity index (χ0n) is 18.0. The van der Waals surface area contributed by atoms with Crippen LogP contribution < -0.4 is 11.3 Å². The number of ether oxygens (including phenoxy) is 4. The first-order chi connectivity index (χ1) is 14.4. The molecule has 0 aromatic carbocycles. The maximum Gasteiger partial charge on any atom is 0.166 e. The fourth-order valence-electron chi connectivity index (χ4n) is 2.89. The zero-order valence-corrected chi connectivity index (χ0v) is 18.8. The van der Waals surface area contributed by atoms with Crippen LogP contribution in [0, 0.1) is 0 Å². The Labute approximate surface area is 179 Å². The van der Waals surface area contributed by atoms with Crippen molar-refractivity contribution in [3.05, 3.63) is 5.69 Å². The Bertz CT molecular complexity index is 713. The van der Waals surface area contributed by atoms with Gasteiger partial charge in [0.05, 0.1) is 70.3 Å². The van der Waals surface area contributed by atoms with Gasteiger partial charge in [0.1, 0.15) is 0 Å². The van der Waals surface area contributed by atoms with Crippen LogP contribution in [0.4, 0.5) is 0 Å². The first-order valence-corrected chi connectivity index (χ1v) is 12.2. The van der Waals surface area contributed by atoms with Gasteiger partial charge in [-0.2, -0.15) is 0 Å². The molecule has 11 nitrogen and oxygen atoms in total. The fourth-order valence-corrected chi connectivity index (χ4v) is 3.85. The molecule has 1 aliphatic heterocycles. The minimum atomic E-state index is -2.95. The summed E-state index contributed by atoms with van der Waals surface area (Å²) in [7, 11) is -0.987. The van der Waals surface area contributed by atoms with E-state index in [9.17, 15) is 8.42 Å². The van der Waals surface area contributed by atoms with Crippen LogP contribution in [0.25, 0.3) is 0 Å². The van der Waals surface area contributed by atoms with E-state index in [0.717, 1.165) is 11.3 Å². The summed E-state index contributed by atoms with van der Waals surface area (Å²) in [5.74, 6) is 0. The maximum absolute atomic E-state index is 11.5. The lowest BCUT2D eigenvalue weighted by atomic mass is 10.0. The predicted molar refractivity (Wildman–Crippen MR) is 114 cm³/mol. The smallest absolute Gasteiger partial charge is 0.166 e. The first kappa shape index (κ1) is 25.2. The molecule has 30 heavy (non-hydrogen) atoms. The molecule has 0 amide bonds. The van der Waals surface area contributed by atoms with Gasteiger partial charge in [0.25, 0.3) is 0 Å². The van der Waals surface area contributed by atoms with Crippen molar-refractivity contribution < 1.29 is 27.4 Å². The van der Waals surface area contributed by atoms with Gasteiger partial charge in [0, 0.05) is 38.0 Å². The van der Waals surface area contributed by atoms with Crippen LogP contribution in [-0.4, -0.2) is 120 Å². The number of sulfone groups is 1. The van der Waals surface area contributed by atoms with Crippen molar-refractivity contribution in [3.8, 4) is 0 Å². The molecule has 1 saturated heterocycles. The van der Waals surface area contributed by atoms with Crippen LogP contribution in [-0.2, 0) is 41.9 Å². The molecule has 1 aliphatic rings. The molecule has 0 aliphatic carbocycles. The molecule has 0 spiro atoms. The number of likely N-dealkylation sites (tertiary alicyclic amines) is 1. The van der Waals surface area contributed by atoms with Crippen LogP contribution >= 0.6 is 0 Å². The zero-order chi connectivity index (χ0) is 21.8. The van der Waals surface area contributed by atoms with Gasteiger partial charge in [0.2, 0.25) is 0 Å². The molecule has 0 radical (unpaired) electrons. The summed E-state index contributed by atoms with van der Waals surface area (Å²) < 4.78 is 46.4. The van der Waals surface area contributed by atoms with Gasteiger partial charge < -0.3 is 24.7 Å². The van der Waals surface area contributed by atoms with E-state index < -0.39 is 9.84 Å². The summed E-state index contributed by atoms with van der Waals surface area (Å²) in [6.07, 6.45) is 1.29. The predicted octanol–water partition coefficient (Wildman–Crippen LogP) is -3.21. The third kappa shape index (κ3) is 8.96. The molecule has 172 valence electrons. The summed E-state index contributed by atoms with van der Waals surface area (Å²) in [5.41, 5.74) is 7.17. The van der Waals surface area contributed by atoms with Crippen molar-refractivity contribution in [2.45, 2.75) is 18.3 Å². The van der Waals surface area contributed by atoms with E-state index in [1.807, 2.05) is 12.5 Å². The van der Waals surface area contributed by atoms with E-state index in [2.05, 4.69) is 15.2 Å². The number of nitrogens with zero attached hydrogens (tertiary/aromatic N) is 4. The number of hydrogen-bond acceptors (Lipinski definition) is 10. The molecule has 2 N–H and O–H groups in total. The van der Waals surface area contributed by atoms with E-state index >= 15 is 0 Å². The fraction of sp³-hybridized carbons (Fsp3) is 0.882. The highest BCUT2D eigenvalue weighted by molar-refractivity contribution is 7.91. The lowest BCUT2D eigenvalue weighted by Crippen LogP contribution is -2.54. The Morgan fingerprint density at radius 1 is 1.00 bits per heavy atom. The standard InChI is InChI=1S/C17H34BN5O6S/c1-30(24,25)15-12-22(13-15)14-16-17(18)23(21-20-16)3-5-27-7-9-29-11-10-28-8-6-26-4-2-19/h15H,2-14,18-19H2,1H3. The Balaban J connectivity index is 1.47. The quantitative estimate of drug-likeness (QED) is 0.192. The van der Waals surface area contributed by atoms with Gasteiger partial charge in [-0.1, -0.05) is 5.21 Å². The normalized spacial score (nSPS) is 15.5. The third-order valence-electron chi connectivity index (χ3n) is 4.81. The summed E-state index contributed by atoms with van der Waals surface area (Å²) in [5, 5.41) is 8.12. The summed E-state index contributed by atoms with van der Waals surface area (Å²) in [6.45, 7) is 7.06. The Hall–Kier alpha value is -1.09. The number of rotatable bonds is 17. The van der Waals surface area contributed by atoms with E-state index in [4.69, 9.17) is 24.7 Å². The molecule has 0 saturated carbocycles. The van der Waals surface area contributed by atoms with E-state index in [-0.39, 0.29) is 5.25 Å². The SMILES string of the molecule is Bc1c(CN2CC(S(C)(=O)=O)C2)nnn1CCOCCOCCOCCOCCN. The van der Waals surface area contributed by atoms with E-state index in [1.165, 1.54) is 6.26 Å². The lowest BCUT2D eigenvalue weighted by Gasteiger charge is -2.37. The topological polar surface area (TPSA) is 131 Å². The van der Waals surface area contributed by atoms with Gasteiger partial charge in [-0.25, -0.2) is 8.42 Å². The van der Waals surface area contributed by atoms with Crippen molar-refractivity contribution in [1.29, 1.82) is 0 Å². The first-order valence-electron chi connectivity index (χ1n) is 10.2. The van der Waals surface area contributed by atoms with Crippen LogP contribution in [0.15, 0.2) is 0 Å². The summed E-state index contributed by atoms with van der Waals surface area (Å²) in [4.78, 5) is 2.07. The van der Waals surface area contributed by atoms with E-state index in [1.54, 1.807) is 0 Å². The third-order valence-corrected chi connectivity index (χ3v) is 6.32. The molecule has 1 aromatic heterocycles. The van der Waals surface area contributed by atoms with Crippen molar-refractivity contribution in [2.24, 2.45) is 5.73 Å². The highest BCUT2D eigenvalue weighted by Crippen LogP contribution is 2.17. The Morgan fingerprint density at radius 3 is 2.07 bits per heavy atom. The molecule has 1 fully saturated rings. The molecule has 0 atom stereocenters. The van der Waals surface area contributed by atoms with Crippen molar-refractivity contribution in [1.82, 2.24) is 19.9 Å². The molecule has 1 aromatic rings. The number of hydrogen-bond donors (Lipinski definition) is 1. The second kappa shape index (κ2) is 13.4. The van der Waals surface area contributed by atoms with Crippen molar-refractivity contribution >= 4 is 23.3 Å². The largest absolute Gasteiger partial charge is 0.378 e. The minimum Gasteiger partial charge on any atom is -0.378 e. The monoisotopic (exact) mass is 447 g/mol. The molecular formula is C17H34BN5O6S. The minimum absolute atomic E-state index is 0.259. The molecule has 0 bridgehead atoms. The van der Waals surface area contributed by atoms with Gasteiger partial charge in [0.15, 0.2) is 17.7 Å². The highest BCUT2D eigenvalue weighted by Gasteiger charge is 2.34. The molecule has 2 rings (SSSR count). The molecular weight excluding hydrogens is 413 g/mol. The Kier molecular flexibility index (Phi) is 11.2. The molecule has 2 heterocycles. The maximum atomic E-state index is 11.5. The van der Waals surface area contributed by atoms with Crippen molar-refractivity contribution in [2.75, 3.05) is 78.7 Å². The second-order valence-corrected chi connectivity index (χ2v) is 9.55. The van der Waals surface area contributed by atoms with Gasteiger partial charge in [-0.3, -0.25) is 9.58 Å². The summed E-state index contributed by atoms with van der Waals surface area (Å²) >= 11 is 0. The summed E-state index contributed by atoms with van der Waals surface area (Å²) in [6, 6.07) is 0. The number of aromatic nitrogens is 3. The highest BCUT2D eigenvalue weighted by atomic mass is 32.2. The van der Waals surface area contributed by atoms with Crippen LogP contribution in [0.2, 0.25) is 0 Å². The number of nitrogens with two attached hydrogens (primary N) is 1.